The topological polar surface area (TPSA) is 40.5 Å². The molecule has 0 aromatic carbocycles. The van der Waals surface area contributed by atoms with Crippen LogP contribution in [0.4, 0.5) is 0 Å². The van der Waals surface area contributed by atoms with E-state index in [0.717, 1.165) is 31.6 Å². The molecule has 2 N–H and O–H groups in total. The molecule has 4 aliphatic rings. The van der Waals surface area contributed by atoms with E-state index in [1.54, 1.807) is 0 Å². The molecule has 0 saturated heterocycles. The number of fused-ring (bicyclic) bond motifs is 5. The van der Waals surface area contributed by atoms with Crippen LogP contribution in [0.15, 0.2) is 23.3 Å². The summed E-state index contributed by atoms with van der Waals surface area (Å²) in [5.41, 5.74) is 3.21. The van der Waals surface area contributed by atoms with Gasteiger partial charge in [0.1, 0.15) is 0 Å². The molecule has 0 aromatic rings. The summed E-state index contributed by atoms with van der Waals surface area (Å²) < 4.78 is 0. The van der Waals surface area contributed by atoms with Gasteiger partial charge in [0.15, 0.2) is 0 Å². The first kappa shape index (κ1) is 21.6. The van der Waals surface area contributed by atoms with Gasteiger partial charge in [0.25, 0.3) is 0 Å². The molecule has 0 radical (unpaired) electrons. The molecule has 164 valence electrons. The Hall–Kier alpha value is -0.600. The Labute approximate surface area is 178 Å². The summed E-state index contributed by atoms with van der Waals surface area (Å²) in [4.78, 5) is 0. The quantitative estimate of drug-likeness (QED) is 0.545. The molecule has 2 heteroatoms. The molecule has 3 fully saturated rings. The maximum absolute atomic E-state index is 11.6. The van der Waals surface area contributed by atoms with Gasteiger partial charge in [-0.15, -0.1) is 0 Å². The molecule has 0 heterocycles. The molecule has 0 aliphatic heterocycles. The minimum atomic E-state index is -0.171. The first-order valence-corrected chi connectivity index (χ1v) is 12.4. The van der Waals surface area contributed by atoms with Crippen molar-refractivity contribution in [3.8, 4) is 0 Å². The summed E-state index contributed by atoms with van der Waals surface area (Å²) in [6.45, 7) is 11.7. The normalized spacial score (nSPS) is 47.5. The Kier molecular flexibility index (Phi) is 5.84. The fourth-order valence-corrected chi connectivity index (χ4v) is 8.40. The highest BCUT2D eigenvalue weighted by molar-refractivity contribution is 5.26. The zero-order valence-electron chi connectivity index (χ0n) is 19.5. The van der Waals surface area contributed by atoms with E-state index in [1.165, 1.54) is 43.3 Å². The average Bonchev–Trinajstić information content (AvgIpc) is 3.02. The SMILES string of the molecule is CC(C)=CCC[C@@H](C)[C@H]1CC[C@H]2[C@@H]3CC=C4C[C@H](O)CC[C@]4(C)[C@H]3C[C@@H](O)[C@]12C. The molecule has 2 nitrogen and oxygen atoms in total. The summed E-state index contributed by atoms with van der Waals surface area (Å²) in [5, 5.41) is 21.8. The van der Waals surface area contributed by atoms with E-state index >= 15 is 0 Å². The zero-order chi connectivity index (χ0) is 21.0. The first-order valence-electron chi connectivity index (χ1n) is 12.4. The van der Waals surface area contributed by atoms with E-state index in [9.17, 15) is 10.2 Å². The lowest BCUT2D eigenvalue weighted by Crippen LogP contribution is -2.56. The number of hydrogen-bond donors (Lipinski definition) is 2. The molecule has 3 saturated carbocycles. The van der Waals surface area contributed by atoms with Crippen molar-refractivity contribution in [1.29, 1.82) is 0 Å². The standard InChI is InChI=1S/C27H44O2/c1-17(2)7-6-8-18(3)22-11-12-23-21-10-9-19-15-20(28)13-14-26(19,4)24(21)16-25(29)27(22,23)5/h7,9,18,20-25,28-29H,6,8,10-16H2,1-5H3/t18-,20-,21+,22-,23+,24+,25-,26+,27-/m1/s1. The zero-order valence-corrected chi connectivity index (χ0v) is 19.5. The van der Waals surface area contributed by atoms with Crippen LogP contribution in [-0.2, 0) is 0 Å². The summed E-state index contributed by atoms with van der Waals surface area (Å²) in [7, 11) is 0. The number of hydrogen-bond acceptors (Lipinski definition) is 2. The van der Waals surface area contributed by atoms with Crippen LogP contribution < -0.4 is 0 Å². The van der Waals surface area contributed by atoms with E-state index in [1.807, 2.05) is 0 Å². The molecule has 29 heavy (non-hydrogen) atoms. The van der Waals surface area contributed by atoms with Crippen LogP contribution in [0, 0.1) is 40.4 Å². The van der Waals surface area contributed by atoms with E-state index in [4.69, 9.17) is 0 Å². The molecule has 0 aromatic heterocycles. The Bertz CT molecular complexity index is 674. The van der Waals surface area contributed by atoms with Crippen molar-refractivity contribution in [2.24, 2.45) is 40.4 Å². The van der Waals surface area contributed by atoms with Crippen LogP contribution >= 0.6 is 0 Å². The van der Waals surface area contributed by atoms with Gasteiger partial charge in [-0.2, -0.15) is 0 Å². The third-order valence-electron chi connectivity index (χ3n) is 10.1. The van der Waals surface area contributed by atoms with Crippen molar-refractivity contribution >= 4 is 0 Å². The van der Waals surface area contributed by atoms with E-state index in [0.29, 0.717) is 23.7 Å². The number of aliphatic hydroxyl groups excluding tert-OH is 2. The minimum absolute atomic E-state index is 0.0848. The van der Waals surface area contributed by atoms with Gasteiger partial charge in [-0.05, 0) is 112 Å². The van der Waals surface area contributed by atoms with Crippen LogP contribution in [0.25, 0.3) is 0 Å². The molecule has 0 unspecified atom stereocenters. The maximum atomic E-state index is 11.6. The van der Waals surface area contributed by atoms with Gasteiger partial charge < -0.3 is 10.2 Å². The highest BCUT2D eigenvalue weighted by Gasteiger charge is 2.62. The van der Waals surface area contributed by atoms with E-state index < -0.39 is 0 Å². The molecule has 4 rings (SSSR count). The predicted molar refractivity (Wildman–Crippen MR) is 120 cm³/mol. The average molecular weight is 401 g/mol. The van der Waals surface area contributed by atoms with Crippen molar-refractivity contribution in [1.82, 2.24) is 0 Å². The van der Waals surface area contributed by atoms with Crippen molar-refractivity contribution in [3.63, 3.8) is 0 Å². The number of allylic oxidation sites excluding steroid dienone is 3. The first-order chi connectivity index (χ1) is 13.7. The lowest BCUT2D eigenvalue weighted by atomic mass is 9.46. The van der Waals surface area contributed by atoms with Crippen molar-refractivity contribution in [3.05, 3.63) is 23.3 Å². The Morgan fingerprint density at radius 1 is 1.17 bits per heavy atom. The summed E-state index contributed by atoms with van der Waals surface area (Å²) in [5.74, 6) is 3.32. The Balaban J connectivity index is 1.56. The van der Waals surface area contributed by atoms with E-state index in [2.05, 4.69) is 46.8 Å². The Morgan fingerprint density at radius 2 is 1.93 bits per heavy atom. The number of aliphatic hydroxyl groups is 2. The van der Waals surface area contributed by atoms with Gasteiger partial charge >= 0.3 is 0 Å². The lowest BCUT2D eigenvalue weighted by molar-refractivity contribution is -0.136. The van der Waals surface area contributed by atoms with Crippen molar-refractivity contribution in [2.75, 3.05) is 0 Å². The fraction of sp³-hybridized carbons (Fsp3) is 0.852. The van der Waals surface area contributed by atoms with Crippen LogP contribution in [0.2, 0.25) is 0 Å². The van der Waals surface area contributed by atoms with Crippen LogP contribution in [0.3, 0.4) is 0 Å². The monoisotopic (exact) mass is 400 g/mol. The second-order valence-corrected chi connectivity index (χ2v) is 11.8. The van der Waals surface area contributed by atoms with Crippen LogP contribution in [-0.4, -0.2) is 22.4 Å². The largest absolute Gasteiger partial charge is 0.393 e. The van der Waals surface area contributed by atoms with Gasteiger partial charge in [0.2, 0.25) is 0 Å². The van der Waals surface area contributed by atoms with Gasteiger partial charge in [0.05, 0.1) is 12.2 Å². The third kappa shape index (κ3) is 3.47. The minimum Gasteiger partial charge on any atom is -0.393 e. The summed E-state index contributed by atoms with van der Waals surface area (Å²) in [6, 6.07) is 0. The summed E-state index contributed by atoms with van der Waals surface area (Å²) in [6.07, 6.45) is 14.6. The fourth-order valence-electron chi connectivity index (χ4n) is 8.40. The van der Waals surface area contributed by atoms with Gasteiger partial charge in [0, 0.05) is 0 Å². The lowest BCUT2D eigenvalue weighted by Gasteiger charge is -2.60. The van der Waals surface area contributed by atoms with Gasteiger partial charge in [-0.1, -0.05) is 44.1 Å². The second-order valence-electron chi connectivity index (χ2n) is 11.8. The van der Waals surface area contributed by atoms with Gasteiger partial charge in [-0.3, -0.25) is 0 Å². The van der Waals surface area contributed by atoms with Gasteiger partial charge in [-0.25, -0.2) is 0 Å². The van der Waals surface area contributed by atoms with Crippen molar-refractivity contribution < 1.29 is 10.2 Å². The molecular weight excluding hydrogens is 356 g/mol. The molecule has 0 spiro atoms. The van der Waals surface area contributed by atoms with Crippen molar-refractivity contribution in [2.45, 2.75) is 105 Å². The highest BCUT2D eigenvalue weighted by atomic mass is 16.3. The van der Waals surface area contributed by atoms with Crippen LogP contribution in [0.1, 0.15) is 92.4 Å². The molecular formula is C27H44O2. The van der Waals surface area contributed by atoms with Crippen LogP contribution in [0.5, 0.6) is 0 Å². The number of rotatable bonds is 4. The highest BCUT2D eigenvalue weighted by Crippen LogP contribution is 2.67. The Morgan fingerprint density at radius 3 is 2.66 bits per heavy atom. The second kappa shape index (κ2) is 7.83. The predicted octanol–water partition coefficient (Wildman–Crippen LogP) is 6.28. The maximum Gasteiger partial charge on any atom is 0.0602 e. The molecule has 9 atom stereocenters. The smallest absolute Gasteiger partial charge is 0.0602 e. The van der Waals surface area contributed by atoms with E-state index in [-0.39, 0.29) is 23.0 Å². The molecule has 4 aliphatic carbocycles. The third-order valence-corrected chi connectivity index (χ3v) is 10.1. The molecule has 0 bridgehead atoms. The summed E-state index contributed by atoms with van der Waals surface area (Å²) >= 11 is 0. The molecule has 0 amide bonds.